The van der Waals surface area contributed by atoms with Crippen LogP contribution in [0.25, 0.3) is 11.1 Å². The molecule has 3 aromatic carbocycles. The molecule has 0 aliphatic rings. The van der Waals surface area contributed by atoms with E-state index in [1.54, 1.807) is 30.3 Å². The first-order valence-electron chi connectivity index (χ1n) is 10.2. The third kappa shape index (κ3) is 6.60. The summed E-state index contributed by atoms with van der Waals surface area (Å²) in [7, 11) is 1.00. The van der Waals surface area contributed by atoms with Crippen molar-refractivity contribution in [2.24, 2.45) is 5.73 Å². The molecule has 0 aromatic heterocycles. The Morgan fingerprint density at radius 2 is 1.81 bits per heavy atom. The van der Waals surface area contributed by atoms with E-state index in [1.165, 1.54) is 0 Å². The van der Waals surface area contributed by atoms with Gasteiger partial charge in [-0.1, -0.05) is 36.4 Å². The monoisotopic (exact) mass is 442 g/mol. The maximum atomic E-state index is 14.8. The van der Waals surface area contributed by atoms with Crippen LogP contribution in [0.2, 0.25) is 0 Å². The number of nitrogens with one attached hydrogen (secondary N) is 1. The highest BCUT2D eigenvalue weighted by molar-refractivity contribution is 5.70. The van der Waals surface area contributed by atoms with E-state index in [1.807, 2.05) is 30.3 Å². The molecule has 0 bridgehead atoms. The summed E-state index contributed by atoms with van der Waals surface area (Å²) in [5, 5.41) is 10.00. The van der Waals surface area contributed by atoms with Crippen molar-refractivity contribution in [3.63, 3.8) is 0 Å². The van der Waals surface area contributed by atoms with Crippen molar-refractivity contribution in [3.8, 4) is 16.9 Å². The Balaban J connectivity index is 0.00000176. The number of ether oxygens (including phenoxy) is 1. The van der Waals surface area contributed by atoms with Gasteiger partial charge >= 0.3 is 0 Å². The van der Waals surface area contributed by atoms with Crippen molar-refractivity contribution in [1.82, 2.24) is 0 Å². The summed E-state index contributed by atoms with van der Waals surface area (Å²) in [6.07, 6.45) is 1.09. The molecule has 0 radical (unpaired) electrons. The molecule has 0 aliphatic heterocycles. The van der Waals surface area contributed by atoms with Gasteiger partial charge in [0, 0.05) is 49.0 Å². The highest BCUT2D eigenvalue weighted by Crippen LogP contribution is 2.29. The topological polar surface area (TPSA) is 84.6 Å². The minimum Gasteiger partial charge on any atom is -0.489 e. The molecule has 0 aliphatic carbocycles. The van der Waals surface area contributed by atoms with Crippen molar-refractivity contribution in [2.45, 2.75) is 19.6 Å². The predicted octanol–water partition coefficient (Wildman–Crippen LogP) is 4.26. The van der Waals surface area contributed by atoms with Gasteiger partial charge < -0.3 is 25.7 Å². The Hall–Kier alpha value is -3.29. The Labute approximate surface area is 186 Å². The molecule has 3 aromatic rings. The number of halogens is 2. The SMILES string of the molecule is CO.NCc1cccc(-c2cc(COc3ccccc3CC=O)cc(NCCF)c2)c1F. The molecule has 0 unspecified atom stereocenters. The molecule has 0 spiro atoms. The van der Waals surface area contributed by atoms with Gasteiger partial charge in [-0.05, 0) is 35.4 Å². The summed E-state index contributed by atoms with van der Waals surface area (Å²) < 4.78 is 33.4. The highest BCUT2D eigenvalue weighted by Gasteiger charge is 2.12. The molecule has 0 saturated carbocycles. The second-order valence-electron chi connectivity index (χ2n) is 6.78. The molecule has 7 heteroatoms. The fourth-order valence-electron chi connectivity index (χ4n) is 3.25. The fourth-order valence-corrected chi connectivity index (χ4v) is 3.25. The normalized spacial score (nSPS) is 10.2. The zero-order chi connectivity index (χ0) is 23.3. The van der Waals surface area contributed by atoms with E-state index in [4.69, 9.17) is 15.6 Å². The van der Waals surface area contributed by atoms with Crippen molar-refractivity contribution in [3.05, 3.63) is 83.2 Å². The standard InChI is InChI=1S/C24H24F2N2O2.CH4O/c25-9-10-28-21-13-17(16-30-23-7-2-1-4-18(23)8-11-29)12-20(14-21)22-6-3-5-19(15-27)24(22)26;1-2/h1-7,11-14,28H,8-10,15-16,27H2;2H,1H3. The molecule has 0 fully saturated rings. The average molecular weight is 443 g/mol. The van der Waals surface area contributed by atoms with E-state index >= 15 is 0 Å². The summed E-state index contributed by atoms with van der Waals surface area (Å²) in [6, 6.07) is 17.9. The van der Waals surface area contributed by atoms with E-state index in [-0.39, 0.29) is 31.9 Å². The second kappa shape index (κ2) is 13.2. The van der Waals surface area contributed by atoms with Gasteiger partial charge in [0.25, 0.3) is 0 Å². The lowest BCUT2D eigenvalue weighted by Crippen LogP contribution is -2.06. The van der Waals surface area contributed by atoms with Gasteiger partial charge in [-0.15, -0.1) is 0 Å². The van der Waals surface area contributed by atoms with Crippen molar-refractivity contribution < 1.29 is 23.4 Å². The number of hydrogen-bond donors (Lipinski definition) is 3. The lowest BCUT2D eigenvalue weighted by Gasteiger charge is -2.15. The number of benzene rings is 3. The number of alkyl halides is 1. The van der Waals surface area contributed by atoms with Gasteiger partial charge in [-0.2, -0.15) is 0 Å². The number of para-hydroxylation sites is 1. The molecular formula is C25H28F2N2O3. The molecule has 4 N–H and O–H groups in total. The van der Waals surface area contributed by atoms with Crippen LogP contribution in [0.5, 0.6) is 5.75 Å². The molecule has 0 heterocycles. The number of rotatable bonds is 10. The maximum absolute atomic E-state index is 14.8. The third-order valence-corrected chi connectivity index (χ3v) is 4.70. The van der Waals surface area contributed by atoms with Crippen molar-refractivity contribution in [2.75, 3.05) is 25.6 Å². The maximum Gasteiger partial charge on any atom is 0.135 e. The van der Waals surface area contributed by atoms with E-state index in [0.717, 1.165) is 24.5 Å². The molecule has 3 rings (SSSR count). The molecular weight excluding hydrogens is 414 g/mol. The zero-order valence-electron chi connectivity index (χ0n) is 18.0. The van der Waals surface area contributed by atoms with Gasteiger partial charge in [-0.25, -0.2) is 8.78 Å². The first-order chi connectivity index (χ1) is 15.7. The Morgan fingerprint density at radius 3 is 2.53 bits per heavy atom. The molecule has 32 heavy (non-hydrogen) atoms. The van der Waals surface area contributed by atoms with Crippen LogP contribution in [0.3, 0.4) is 0 Å². The highest BCUT2D eigenvalue weighted by atomic mass is 19.1. The van der Waals surface area contributed by atoms with Gasteiger partial charge in [0.1, 0.15) is 31.1 Å². The van der Waals surface area contributed by atoms with Gasteiger partial charge in [0.05, 0.1) is 0 Å². The number of hydrogen-bond acceptors (Lipinski definition) is 5. The molecule has 0 saturated heterocycles. The van der Waals surface area contributed by atoms with Crippen LogP contribution in [0.15, 0.2) is 60.7 Å². The van der Waals surface area contributed by atoms with Crippen LogP contribution < -0.4 is 15.8 Å². The number of aldehydes is 1. The van der Waals surface area contributed by atoms with E-state index in [9.17, 15) is 13.6 Å². The number of aliphatic hydroxyl groups excluding tert-OH is 1. The van der Waals surface area contributed by atoms with Crippen LogP contribution in [0.4, 0.5) is 14.5 Å². The fraction of sp³-hybridized carbons (Fsp3) is 0.240. The van der Waals surface area contributed by atoms with E-state index in [2.05, 4.69) is 5.32 Å². The number of nitrogens with two attached hydrogens (primary N) is 1. The number of carbonyl (C=O) groups is 1. The summed E-state index contributed by atoms with van der Waals surface area (Å²) >= 11 is 0. The summed E-state index contributed by atoms with van der Waals surface area (Å²) in [6.45, 7) is -0.0570. The molecule has 0 amide bonds. The first kappa shape index (κ1) is 25.0. The molecule has 170 valence electrons. The summed E-state index contributed by atoms with van der Waals surface area (Å²) in [4.78, 5) is 10.9. The average Bonchev–Trinajstić information content (AvgIpc) is 2.83. The van der Waals surface area contributed by atoms with Gasteiger partial charge in [-0.3, -0.25) is 0 Å². The lowest BCUT2D eigenvalue weighted by atomic mass is 9.99. The number of aliphatic hydroxyl groups is 1. The van der Waals surface area contributed by atoms with Crippen LogP contribution in [-0.2, 0) is 24.4 Å². The largest absolute Gasteiger partial charge is 0.489 e. The van der Waals surface area contributed by atoms with Gasteiger partial charge in [0.15, 0.2) is 0 Å². The van der Waals surface area contributed by atoms with Crippen LogP contribution >= 0.6 is 0 Å². The first-order valence-corrected chi connectivity index (χ1v) is 10.2. The van der Waals surface area contributed by atoms with Crippen LogP contribution in [0, 0.1) is 5.82 Å². The van der Waals surface area contributed by atoms with E-state index in [0.29, 0.717) is 28.1 Å². The minimum absolute atomic E-state index is 0.100. The molecule has 0 atom stereocenters. The smallest absolute Gasteiger partial charge is 0.135 e. The number of carbonyl (C=O) groups excluding carboxylic acids is 1. The Kier molecular flexibility index (Phi) is 10.3. The third-order valence-electron chi connectivity index (χ3n) is 4.70. The van der Waals surface area contributed by atoms with Crippen molar-refractivity contribution in [1.29, 1.82) is 0 Å². The van der Waals surface area contributed by atoms with Crippen molar-refractivity contribution >= 4 is 12.0 Å². The minimum atomic E-state index is -0.522. The zero-order valence-corrected chi connectivity index (χ0v) is 18.0. The summed E-state index contributed by atoms with van der Waals surface area (Å²) in [5.74, 6) is 0.246. The molecule has 5 nitrogen and oxygen atoms in total. The Morgan fingerprint density at radius 1 is 1.06 bits per heavy atom. The van der Waals surface area contributed by atoms with Gasteiger partial charge in [0.2, 0.25) is 0 Å². The number of anilines is 1. The second-order valence-corrected chi connectivity index (χ2v) is 6.78. The van der Waals surface area contributed by atoms with E-state index < -0.39 is 6.67 Å². The van der Waals surface area contributed by atoms with Crippen LogP contribution in [0.1, 0.15) is 16.7 Å². The van der Waals surface area contributed by atoms with Crippen LogP contribution in [-0.4, -0.2) is 31.7 Å². The lowest BCUT2D eigenvalue weighted by molar-refractivity contribution is -0.107. The predicted molar refractivity (Wildman–Crippen MR) is 123 cm³/mol. The quantitative estimate of drug-likeness (QED) is 0.409. The Bertz CT molecular complexity index is 1010. The summed E-state index contributed by atoms with van der Waals surface area (Å²) in [5.41, 5.74) is 9.37.